The average Bonchev–Trinajstić information content (AvgIpc) is 2.93. The number of rotatable bonds is 2. The van der Waals surface area contributed by atoms with Crippen molar-refractivity contribution in [3.8, 4) is 11.1 Å². The topological polar surface area (TPSA) is 60.9 Å². The second-order valence-electron chi connectivity index (χ2n) is 7.27. The summed E-state index contributed by atoms with van der Waals surface area (Å²) in [7, 11) is 0. The summed E-state index contributed by atoms with van der Waals surface area (Å²) in [5.74, 6) is 0.0614. The van der Waals surface area contributed by atoms with Crippen molar-refractivity contribution < 1.29 is 4.79 Å². The molecule has 0 bridgehead atoms. The number of pyridine rings is 1. The molecule has 3 rings (SSSR count). The summed E-state index contributed by atoms with van der Waals surface area (Å²) in [4.78, 5) is 16.9. The lowest BCUT2D eigenvalue weighted by Crippen LogP contribution is -2.26. The summed E-state index contributed by atoms with van der Waals surface area (Å²) in [5, 5.41) is 1.03. The molecule has 2 N–H and O–H groups in total. The Morgan fingerprint density at radius 3 is 2.38 bits per heavy atom. The zero-order valence-electron chi connectivity index (χ0n) is 14.6. The van der Waals surface area contributed by atoms with Crippen LogP contribution in [0, 0.1) is 5.41 Å². The summed E-state index contributed by atoms with van der Waals surface area (Å²) in [5.41, 5.74) is 9.68. The van der Waals surface area contributed by atoms with Gasteiger partial charge in [-0.15, -0.1) is 0 Å². The van der Waals surface area contributed by atoms with E-state index in [1.165, 1.54) is 0 Å². The molecular formula is C20H23N3O. The summed E-state index contributed by atoms with van der Waals surface area (Å²) in [6.07, 6.45) is 5.43. The van der Waals surface area contributed by atoms with Gasteiger partial charge in [0.15, 0.2) is 0 Å². The molecule has 124 valence electrons. The fraction of sp³-hybridized carbons (Fsp3) is 0.300. The second kappa shape index (κ2) is 5.87. The number of carbonyl (C=O) groups excluding carboxylic acids is 1. The monoisotopic (exact) mass is 321 g/mol. The molecule has 0 aliphatic rings. The second-order valence-corrected chi connectivity index (χ2v) is 7.27. The first-order valence-electron chi connectivity index (χ1n) is 8.15. The van der Waals surface area contributed by atoms with E-state index in [4.69, 9.17) is 5.73 Å². The van der Waals surface area contributed by atoms with E-state index in [2.05, 4.69) is 23.2 Å². The molecule has 1 aromatic carbocycles. The molecule has 2 heterocycles. The van der Waals surface area contributed by atoms with Crippen molar-refractivity contribution in [3.05, 3.63) is 54.5 Å². The van der Waals surface area contributed by atoms with Gasteiger partial charge in [0.2, 0.25) is 5.91 Å². The highest BCUT2D eigenvalue weighted by Crippen LogP contribution is 2.31. The molecule has 0 fully saturated rings. The summed E-state index contributed by atoms with van der Waals surface area (Å²) < 4.78 is 1.75. The van der Waals surface area contributed by atoms with Crippen LogP contribution in [0.2, 0.25) is 0 Å². The van der Waals surface area contributed by atoms with Gasteiger partial charge in [-0.25, -0.2) is 0 Å². The van der Waals surface area contributed by atoms with Crippen LogP contribution in [0.15, 0.2) is 48.9 Å². The Hall–Kier alpha value is -2.46. The van der Waals surface area contributed by atoms with Crippen molar-refractivity contribution in [1.29, 1.82) is 0 Å². The minimum Gasteiger partial charge on any atom is -0.324 e. The SMILES string of the molecule is CC(N)c1cn(C(=O)C(C)(C)C)c2cc(-c3ccncc3)ccc12. The van der Waals surface area contributed by atoms with Crippen molar-refractivity contribution in [3.63, 3.8) is 0 Å². The number of nitrogens with zero attached hydrogens (tertiary/aromatic N) is 2. The Kier molecular flexibility index (Phi) is 4.01. The van der Waals surface area contributed by atoms with Gasteiger partial charge in [-0.2, -0.15) is 0 Å². The Bertz CT molecular complexity index is 886. The van der Waals surface area contributed by atoms with E-state index >= 15 is 0 Å². The molecule has 0 aliphatic carbocycles. The number of nitrogens with two attached hydrogens (primary N) is 1. The molecule has 0 saturated carbocycles. The third kappa shape index (κ3) is 2.85. The smallest absolute Gasteiger partial charge is 0.236 e. The van der Waals surface area contributed by atoms with Gasteiger partial charge in [0.1, 0.15) is 0 Å². The first-order valence-corrected chi connectivity index (χ1v) is 8.15. The lowest BCUT2D eigenvalue weighted by Gasteiger charge is -2.18. The summed E-state index contributed by atoms with van der Waals surface area (Å²) >= 11 is 0. The van der Waals surface area contributed by atoms with Crippen molar-refractivity contribution in [1.82, 2.24) is 9.55 Å². The molecule has 4 nitrogen and oxygen atoms in total. The Labute approximate surface area is 142 Å². The van der Waals surface area contributed by atoms with Crippen LogP contribution in [-0.4, -0.2) is 15.5 Å². The van der Waals surface area contributed by atoms with Crippen LogP contribution in [0.25, 0.3) is 22.0 Å². The van der Waals surface area contributed by atoms with Crippen LogP contribution in [0.1, 0.15) is 44.1 Å². The fourth-order valence-corrected chi connectivity index (χ4v) is 2.87. The molecule has 4 heteroatoms. The number of hydrogen-bond donors (Lipinski definition) is 1. The van der Waals surface area contributed by atoms with Gasteiger partial charge in [0, 0.05) is 35.4 Å². The van der Waals surface area contributed by atoms with E-state index in [1.54, 1.807) is 17.0 Å². The molecule has 1 unspecified atom stereocenters. The van der Waals surface area contributed by atoms with Gasteiger partial charge in [-0.1, -0.05) is 32.9 Å². The maximum Gasteiger partial charge on any atom is 0.236 e. The van der Waals surface area contributed by atoms with E-state index < -0.39 is 5.41 Å². The molecule has 0 amide bonds. The maximum absolute atomic E-state index is 12.9. The zero-order valence-corrected chi connectivity index (χ0v) is 14.6. The number of hydrogen-bond acceptors (Lipinski definition) is 3. The third-order valence-electron chi connectivity index (χ3n) is 4.20. The van der Waals surface area contributed by atoms with Crippen molar-refractivity contribution >= 4 is 16.8 Å². The van der Waals surface area contributed by atoms with Gasteiger partial charge in [0.05, 0.1) is 5.52 Å². The molecule has 0 radical (unpaired) electrons. The zero-order chi connectivity index (χ0) is 17.5. The molecule has 2 aromatic heterocycles. The summed E-state index contributed by atoms with van der Waals surface area (Å²) in [6.45, 7) is 7.73. The minimum absolute atomic E-state index is 0.0614. The van der Waals surface area contributed by atoms with Crippen molar-refractivity contribution in [2.75, 3.05) is 0 Å². The highest BCUT2D eigenvalue weighted by Gasteiger charge is 2.26. The predicted octanol–water partition coefficient (Wildman–Crippen LogP) is 4.41. The molecule has 0 spiro atoms. The molecule has 24 heavy (non-hydrogen) atoms. The number of fused-ring (bicyclic) bond motifs is 1. The van der Waals surface area contributed by atoms with Gasteiger partial charge >= 0.3 is 0 Å². The Balaban J connectivity index is 2.25. The highest BCUT2D eigenvalue weighted by atomic mass is 16.2. The van der Waals surface area contributed by atoms with Crippen LogP contribution in [0.5, 0.6) is 0 Å². The fourth-order valence-electron chi connectivity index (χ4n) is 2.87. The van der Waals surface area contributed by atoms with Gasteiger partial charge in [-0.3, -0.25) is 14.3 Å². The molecule has 0 saturated heterocycles. The Morgan fingerprint density at radius 2 is 1.79 bits per heavy atom. The standard InChI is InChI=1S/C20H23N3O/c1-13(21)17-12-23(19(24)20(2,3)4)18-11-15(5-6-16(17)18)14-7-9-22-10-8-14/h5-13H,21H2,1-4H3. The third-order valence-corrected chi connectivity index (χ3v) is 4.20. The Morgan fingerprint density at radius 1 is 1.12 bits per heavy atom. The number of aromatic nitrogens is 2. The highest BCUT2D eigenvalue weighted by molar-refractivity contribution is 5.98. The maximum atomic E-state index is 12.9. The minimum atomic E-state index is -0.465. The first kappa shape index (κ1) is 16.4. The molecule has 0 aliphatic heterocycles. The van der Waals surface area contributed by atoms with E-state index in [0.717, 1.165) is 27.6 Å². The van der Waals surface area contributed by atoms with Crippen LogP contribution in [-0.2, 0) is 0 Å². The van der Waals surface area contributed by atoms with E-state index in [1.807, 2.05) is 46.0 Å². The quantitative estimate of drug-likeness (QED) is 0.760. The number of benzene rings is 1. The van der Waals surface area contributed by atoms with Crippen LogP contribution in [0.3, 0.4) is 0 Å². The average molecular weight is 321 g/mol. The van der Waals surface area contributed by atoms with Gasteiger partial charge in [-0.05, 0) is 41.8 Å². The van der Waals surface area contributed by atoms with Crippen LogP contribution < -0.4 is 5.73 Å². The van der Waals surface area contributed by atoms with E-state index in [-0.39, 0.29) is 11.9 Å². The molecule has 1 atom stereocenters. The molecular weight excluding hydrogens is 298 g/mol. The van der Waals surface area contributed by atoms with Gasteiger partial charge < -0.3 is 5.73 Å². The van der Waals surface area contributed by atoms with Crippen LogP contribution >= 0.6 is 0 Å². The van der Waals surface area contributed by atoms with Crippen LogP contribution in [0.4, 0.5) is 0 Å². The lowest BCUT2D eigenvalue weighted by atomic mass is 9.95. The first-order chi connectivity index (χ1) is 11.3. The normalized spacial score (nSPS) is 13.2. The number of carbonyl (C=O) groups is 1. The lowest BCUT2D eigenvalue weighted by molar-refractivity contribution is 0.0772. The van der Waals surface area contributed by atoms with E-state index in [0.29, 0.717) is 0 Å². The summed E-state index contributed by atoms with van der Waals surface area (Å²) in [6, 6.07) is 9.97. The largest absolute Gasteiger partial charge is 0.324 e. The molecule has 3 aromatic rings. The van der Waals surface area contributed by atoms with E-state index in [9.17, 15) is 4.79 Å². The van der Waals surface area contributed by atoms with Crippen molar-refractivity contribution in [2.45, 2.75) is 33.7 Å². The van der Waals surface area contributed by atoms with Crippen molar-refractivity contribution in [2.24, 2.45) is 11.1 Å². The predicted molar refractivity (Wildman–Crippen MR) is 97.9 cm³/mol. The van der Waals surface area contributed by atoms with Gasteiger partial charge in [0.25, 0.3) is 0 Å².